The van der Waals surface area contributed by atoms with Gasteiger partial charge in [0, 0.05) is 0 Å². The Hall–Kier alpha value is -2.27. The number of phosphoric acid groups is 1. The van der Waals surface area contributed by atoms with E-state index in [1.165, 1.54) is 0 Å². The van der Waals surface area contributed by atoms with Crippen LogP contribution in [-0.2, 0) is 28.3 Å². The predicted octanol–water partition coefficient (Wildman–Crippen LogP) is 4.96. The molecule has 5 nitrogen and oxygen atoms in total. The smallest absolute Gasteiger partial charge is 0.366 e. The van der Waals surface area contributed by atoms with Gasteiger partial charge >= 0.3 is 7.82 Å². The Balaban J connectivity index is 1.60. The third kappa shape index (κ3) is 3.43. The average Bonchev–Trinajstić information content (AvgIpc) is 2.83. The molecule has 0 aliphatic carbocycles. The maximum Gasteiger partial charge on any atom is 0.475 e. The zero-order chi connectivity index (χ0) is 20.5. The number of ether oxygens (including phenoxy) is 1. The Morgan fingerprint density at radius 2 is 1.07 bits per heavy atom. The highest BCUT2D eigenvalue weighted by atomic mass is 31.2. The molecule has 6 heteroatoms. The standard InChI is InChI=1S/C24H23O5P/c25-30-27-16-23(17-28-30,18-29-30)26-19-24(20-10-4-1-5-11-20,21-12-6-2-7-13-21)22-14-8-3-9-15-22/h1-15H,16-19H2. The molecule has 154 valence electrons. The van der Waals surface area contributed by atoms with Gasteiger partial charge in [-0.25, -0.2) is 4.57 Å². The van der Waals surface area contributed by atoms with Gasteiger partial charge < -0.3 is 4.74 Å². The minimum atomic E-state index is -3.39. The molecule has 3 aromatic rings. The van der Waals surface area contributed by atoms with Gasteiger partial charge in [0.1, 0.15) is 5.60 Å². The molecule has 0 spiro atoms. The Bertz CT molecular complexity index is 911. The van der Waals surface area contributed by atoms with Crippen LogP contribution in [0.3, 0.4) is 0 Å². The van der Waals surface area contributed by atoms with E-state index < -0.39 is 18.8 Å². The van der Waals surface area contributed by atoms with Crippen LogP contribution in [0.2, 0.25) is 0 Å². The summed E-state index contributed by atoms with van der Waals surface area (Å²) >= 11 is 0. The van der Waals surface area contributed by atoms with Crippen molar-refractivity contribution in [2.24, 2.45) is 0 Å². The maximum atomic E-state index is 12.1. The summed E-state index contributed by atoms with van der Waals surface area (Å²) < 4.78 is 34.7. The molecule has 0 saturated carbocycles. The molecule has 2 bridgehead atoms. The SMILES string of the molecule is O=P12OCC(OCC(c3ccccc3)(c3ccccc3)c3ccccc3)(CO1)CO2. The van der Waals surface area contributed by atoms with E-state index >= 15 is 0 Å². The number of rotatable bonds is 6. The molecule has 0 radical (unpaired) electrons. The molecule has 6 rings (SSSR count). The Morgan fingerprint density at radius 3 is 1.43 bits per heavy atom. The van der Waals surface area contributed by atoms with Gasteiger partial charge in [-0.05, 0) is 16.7 Å². The molecule has 0 atom stereocenters. The third-order valence-electron chi connectivity index (χ3n) is 5.85. The third-order valence-corrected chi connectivity index (χ3v) is 7.19. The zero-order valence-corrected chi connectivity index (χ0v) is 17.4. The van der Waals surface area contributed by atoms with Crippen molar-refractivity contribution < 1.29 is 22.9 Å². The first-order valence-electron chi connectivity index (χ1n) is 9.99. The van der Waals surface area contributed by atoms with E-state index in [0.29, 0.717) is 6.61 Å². The summed E-state index contributed by atoms with van der Waals surface area (Å²) in [4.78, 5) is 0. The number of hydrogen-bond acceptors (Lipinski definition) is 5. The highest BCUT2D eigenvalue weighted by Gasteiger charge is 2.52. The fourth-order valence-corrected chi connectivity index (χ4v) is 5.54. The van der Waals surface area contributed by atoms with Crippen LogP contribution in [0.5, 0.6) is 0 Å². The molecular formula is C24H23O5P. The topological polar surface area (TPSA) is 54.0 Å². The fourth-order valence-electron chi connectivity index (χ4n) is 4.13. The zero-order valence-electron chi connectivity index (χ0n) is 16.5. The quantitative estimate of drug-likeness (QED) is 0.415. The van der Waals surface area contributed by atoms with Crippen LogP contribution in [0.15, 0.2) is 91.0 Å². The van der Waals surface area contributed by atoms with Crippen LogP contribution < -0.4 is 0 Å². The van der Waals surface area contributed by atoms with Gasteiger partial charge in [-0.2, -0.15) is 0 Å². The minimum Gasteiger partial charge on any atom is -0.366 e. The van der Waals surface area contributed by atoms with E-state index in [1.54, 1.807) is 0 Å². The molecule has 0 amide bonds. The Kier molecular flexibility index (Phi) is 5.10. The van der Waals surface area contributed by atoms with E-state index in [0.717, 1.165) is 16.7 Å². The van der Waals surface area contributed by atoms with E-state index in [4.69, 9.17) is 18.3 Å². The van der Waals surface area contributed by atoms with Crippen molar-refractivity contribution in [3.63, 3.8) is 0 Å². The Labute approximate surface area is 176 Å². The monoisotopic (exact) mass is 422 g/mol. The summed E-state index contributed by atoms with van der Waals surface area (Å²) in [7, 11) is -3.39. The number of phosphoric ester groups is 1. The van der Waals surface area contributed by atoms with Crippen molar-refractivity contribution in [1.29, 1.82) is 0 Å². The molecule has 0 N–H and O–H groups in total. The molecular weight excluding hydrogens is 399 g/mol. The van der Waals surface area contributed by atoms with Crippen LogP contribution in [0, 0.1) is 0 Å². The fraction of sp³-hybridized carbons (Fsp3) is 0.250. The van der Waals surface area contributed by atoms with Gasteiger partial charge in [0.15, 0.2) is 0 Å². The molecule has 3 saturated heterocycles. The molecule has 3 fully saturated rings. The van der Waals surface area contributed by atoms with Crippen molar-refractivity contribution in [1.82, 2.24) is 0 Å². The van der Waals surface area contributed by atoms with Crippen LogP contribution >= 0.6 is 7.82 Å². The van der Waals surface area contributed by atoms with E-state index in [-0.39, 0.29) is 19.8 Å². The summed E-state index contributed by atoms with van der Waals surface area (Å²) in [6.07, 6.45) is 0. The van der Waals surface area contributed by atoms with Gasteiger partial charge in [-0.3, -0.25) is 13.6 Å². The molecule has 3 aromatic carbocycles. The van der Waals surface area contributed by atoms with E-state index in [9.17, 15) is 4.57 Å². The summed E-state index contributed by atoms with van der Waals surface area (Å²) in [6, 6.07) is 31.0. The molecule has 3 aliphatic heterocycles. The van der Waals surface area contributed by atoms with Gasteiger partial charge in [-0.15, -0.1) is 0 Å². The lowest BCUT2D eigenvalue weighted by atomic mass is 9.70. The van der Waals surface area contributed by atoms with Crippen LogP contribution in [0.25, 0.3) is 0 Å². The van der Waals surface area contributed by atoms with Crippen molar-refractivity contribution in [3.8, 4) is 0 Å². The second-order valence-corrected chi connectivity index (χ2v) is 9.41. The van der Waals surface area contributed by atoms with Gasteiger partial charge in [0.2, 0.25) is 0 Å². The second kappa shape index (κ2) is 7.77. The summed E-state index contributed by atoms with van der Waals surface area (Å²) in [5, 5.41) is 0. The van der Waals surface area contributed by atoms with Crippen molar-refractivity contribution in [2.45, 2.75) is 11.0 Å². The Morgan fingerprint density at radius 1 is 0.700 bits per heavy atom. The summed E-state index contributed by atoms with van der Waals surface area (Å²) in [5.41, 5.74) is 2.05. The predicted molar refractivity (Wildman–Crippen MR) is 113 cm³/mol. The summed E-state index contributed by atoms with van der Waals surface area (Å²) in [6.45, 7) is 0.932. The highest BCUT2D eigenvalue weighted by Crippen LogP contribution is 2.58. The lowest BCUT2D eigenvalue weighted by molar-refractivity contribution is -0.187. The molecule has 0 unspecified atom stereocenters. The number of fused-ring (bicyclic) bond motifs is 3. The van der Waals surface area contributed by atoms with E-state index in [2.05, 4.69) is 36.4 Å². The van der Waals surface area contributed by atoms with Crippen molar-refractivity contribution >= 4 is 7.82 Å². The molecule has 3 aliphatic rings. The maximum absolute atomic E-state index is 12.1. The highest BCUT2D eigenvalue weighted by molar-refractivity contribution is 7.48. The lowest BCUT2D eigenvalue weighted by Crippen LogP contribution is -2.54. The van der Waals surface area contributed by atoms with E-state index in [1.807, 2.05) is 54.6 Å². The molecule has 0 aromatic heterocycles. The lowest BCUT2D eigenvalue weighted by Gasteiger charge is -2.46. The first-order chi connectivity index (χ1) is 14.6. The minimum absolute atomic E-state index is 0.193. The normalized spacial score (nSPS) is 25.9. The summed E-state index contributed by atoms with van der Waals surface area (Å²) in [5.74, 6) is 0. The van der Waals surface area contributed by atoms with Crippen molar-refractivity contribution in [2.75, 3.05) is 26.4 Å². The van der Waals surface area contributed by atoms with Gasteiger partial charge in [0.25, 0.3) is 0 Å². The van der Waals surface area contributed by atoms with Gasteiger partial charge in [-0.1, -0.05) is 91.0 Å². The molecule has 30 heavy (non-hydrogen) atoms. The largest absolute Gasteiger partial charge is 0.475 e. The second-order valence-electron chi connectivity index (χ2n) is 7.74. The number of hydrogen-bond donors (Lipinski definition) is 0. The van der Waals surface area contributed by atoms with Crippen LogP contribution in [0.1, 0.15) is 16.7 Å². The van der Waals surface area contributed by atoms with Crippen LogP contribution in [-0.4, -0.2) is 32.0 Å². The first kappa shape index (κ1) is 19.7. The van der Waals surface area contributed by atoms with Crippen molar-refractivity contribution in [3.05, 3.63) is 108 Å². The number of benzene rings is 3. The van der Waals surface area contributed by atoms with Crippen LogP contribution in [0.4, 0.5) is 0 Å². The molecule has 3 heterocycles. The van der Waals surface area contributed by atoms with Gasteiger partial charge in [0.05, 0.1) is 31.8 Å². The average molecular weight is 422 g/mol. The first-order valence-corrected chi connectivity index (χ1v) is 11.4.